The van der Waals surface area contributed by atoms with Gasteiger partial charge >= 0.3 is 5.97 Å². The maximum absolute atomic E-state index is 12.7. The Hall–Kier alpha value is -2.66. The number of rotatable bonds is 4. The number of hydrogen-bond acceptors (Lipinski definition) is 4. The Morgan fingerprint density at radius 3 is 2.32 bits per heavy atom. The van der Waals surface area contributed by atoms with Gasteiger partial charge in [0.05, 0.1) is 29.0 Å². The summed E-state index contributed by atoms with van der Waals surface area (Å²) in [5.41, 5.74) is 1.14. The Bertz CT molecular complexity index is 858. The average Bonchev–Trinajstić information content (AvgIpc) is 2.84. The van der Waals surface area contributed by atoms with Crippen molar-refractivity contribution >= 4 is 35.1 Å². The molecule has 0 atom stereocenters. The fraction of sp³-hybridized carbons (Fsp3) is 0.211. The predicted octanol–water partition coefficient (Wildman–Crippen LogP) is 3.95. The minimum absolute atomic E-state index is 0.193. The minimum Gasteiger partial charge on any atom is -0.462 e. The van der Waals surface area contributed by atoms with Crippen LogP contribution in [0.3, 0.4) is 0 Å². The molecule has 5 nitrogen and oxygen atoms in total. The van der Waals surface area contributed by atoms with Gasteiger partial charge in [-0.2, -0.15) is 0 Å². The number of halogens is 1. The molecule has 1 heterocycles. The van der Waals surface area contributed by atoms with Gasteiger partial charge < -0.3 is 4.74 Å². The van der Waals surface area contributed by atoms with Crippen molar-refractivity contribution in [3.05, 3.63) is 64.2 Å². The molecule has 1 aliphatic heterocycles. The summed E-state index contributed by atoms with van der Waals surface area (Å²) in [7, 11) is 0. The van der Waals surface area contributed by atoms with Crippen LogP contribution in [0, 0.1) is 5.92 Å². The highest BCUT2D eigenvalue weighted by Crippen LogP contribution is 2.30. The first-order chi connectivity index (χ1) is 11.9. The van der Waals surface area contributed by atoms with Crippen LogP contribution < -0.4 is 4.90 Å². The molecule has 2 aromatic rings. The van der Waals surface area contributed by atoms with Crippen LogP contribution in [0.1, 0.15) is 44.9 Å². The van der Waals surface area contributed by atoms with E-state index >= 15 is 0 Å². The van der Waals surface area contributed by atoms with E-state index in [4.69, 9.17) is 16.3 Å². The number of carbonyl (C=O) groups is 3. The molecular formula is C19H16ClNO4. The zero-order chi connectivity index (χ0) is 18.1. The van der Waals surface area contributed by atoms with Crippen LogP contribution in [0.25, 0.3) is 0 Å². The van der Waals surface area contributed by atoms with Crippen molar-refractivity contribution in [2.75, 3.05) is 11.5 Å². The molecular weight excluding hydrogens is 342 g/mol. The summed E-state index contributed by atoms with van der Waals surface area (Å²) >= 11 is 5.85. The van der Waals surface area contributed by atoms with Gasteiger partial charge in [0.2, 0.25) is 0 Å². The molecule has 0 bridgehead atoms. The van der Waals surface area contributed by atoms with Gasteiger partial charge in [0.1, 0.15) is 0 Å². The highest BCUT2D eigenvalue weighted by Gasteiger charge is 2.37. The number of imide groups is 1. The number of benzene rings is 2. The standard InChI is InChI=1S/C19H16ClNO4/c1-11(2)10-25-19(24)12-3-8-15-16(9-12)18(23)21(17(15)22)14-6-4-13(20)5-7-14/h3-9,11H,10H2,1-2H3. The lowest BCUT2D eigenvalue weighted by Gasteiger charge is -2.13. The summed E-state index contributed by atoms with van der Waals surface area (Å²) in [6.07, 6.45) is 0. The highest BCUT2D eigenvalue weighted by molar-refractivity contribution is 6.35. The molecule has 0 N–H and O–H groups in total. The normalized spacial score (nSPS) is 13.4. The summed E-state index contributed by atoms with van der Waals surface area (Å²) < 4.78 is 5.17. The molecule has 0 spiro atoms. The number of amides is 2. The summed E-state index contributed by atoms with van der Waals surface area (Å²) in [6, 6.07) is 10.8. The van der Waals surface area contributed by atoms with E-state index in [1.807, 2.05) is 13.8 Å². The molecule has 0 radical (unpaired) electrons. The molecule has 1 aliphatic rings. The van der Waals surface area contributed by atoms with E-state index < -0.39 is 17.8 Å². The predicted molar refractivity (Wildman–Crippen MR) is 94.2 cm³/mol. The average molecular weight is 358 g/mol. The van der Waals surface area contributed by atoms with E-state index in [1.54, 1.807) is 24.3 Å². The lowest BCUT2D eigenvalue weighted by Crippen LogP contribution is -2.29. The fourth-order valence-electron chi connectivity index (χ4n) is 2.52. The number of anilines is 1. The first-order valence-electron chi connectivity index (χ1n) is 7.84. The highest BCUT2D eigenvalue weighted by atomic mass is 35.5. The molecule has 0 saturated carbocycles. The molecule has 0 unspecified atom stereocenters. The third-order valence-electron chi connectivity index (χ3n) is 3.75. The van der Waals surface area contributed by atoms with Crippen LogP contribution >= 0.6 is 11.6 Å². The molecule has 3 rings (SSSR count). The van der Waals surface area contributed by atoms with Gasteiger partial charge in [-0.15, -0.1) is 0 Å². The Labute approximate surface area is 150 Å². The Kier molecular flexibility index (Phi) is 4.59. The van der Waals surface area contributed by atoms with Crippen molar-refractivity contribution in [1.82, 2.24) is 0 Å². The summed E-state index contributed by atoms with van der Waals surface area (Å²) in [5, 5.41) is 0.510. The van der Waals surface area contributed by atoms with E-state index in [9.17, 15) is 14.4 Å². The third-order valence-corrected chi connectivity index (χ3v) is 4.01. The van der Waals surface area contributed by atoms with Crippen LogP contribution in [-0.2, 0) is 4.74 Å². The van der Waals surface area contributed by atoms with Crippen molar-refractivity contribution in [3.63, 3.8) is 0 Å². The van der Waals surface area contributed by atoms with Crippen LogP contribution in [0.5, 0.6) is 0 Å². The van der Waals surface area contributed by atoms with Crippen molar-refractivity contribution in [2.45, 2.75) is 13.8 Å². The van der Waals surface area contributed by atoms with Crippen LogP contribution in [0.2, 0.25) is 5.02 Å². The number of ether oxygens (including phenoxy) is 1. The Morgan fingerprint density at radius 1 is 1.04 bits per heavy atom. The van der Waals surface area contributed by atoms with E-state index in [2.05, 4.69) is 0 Å². The van der Waals surface area contributed by atoms with Gasteiger partial charge in [0.25, 0.3) is 11.8 Å². The molecule has 2 amide bonds. The van der Waals surface area contributed by atoms with Gasteiger partial charge in [0, 0.05) is 5.02 Å². The lowest BCUT2D eigenvalue weighted by molar-refractivity contribution is 0.0458. The Balaban J connectivity index is 1.90. The number of esters is 1. The van der Waals surface area contributed by atoms with E-state index in [0.29, 0.717) is 17.3 Å². The molecule has 2 aromatic carbocycles. The van der Waals surface area contributed by atoms with Gasteiger partial charge in [-0.1, -0.05) is 25.4 Å². The van der Waals surface area contributed by atoms with Crippen LogP contribution in [-0.4, -0.2) is 24.4 Å². The van der Waals surface area contributed by atoms with Crippen molar-refractivity contribution < 1.29 is 19.1 Å². The maximum Gasteiger partial charge on any atom is 0.338 e. The van der Waals surface area contributed by atoms with Crippen molar-refractivity contribution in [2.24, 2.45) is 5.92 Å². The van der Waals surface area contributed by atoms with Gasteiger partial charge in [-0.05, 0) is 48.4 Å². The first-order valence-corrected chi connectivity index (χ1v) is 8.22. The van der Waals surface area contributed by atoms with Gasteiger partial charge in [0.15, 0.2) is 0 Å². The summed E-state index contributed by atoms with van der Waals surface area (Å²) in [5.74, 6) is -1.20. The molecule has 25 heavy (non-hydrogen) atoms. The third kappa shape index (κ3) is 3.28. The second-order valence-corrected chi connectivity index (χ2v) is 6.61. The summed E-state index contributed by atoms with van der Waals surface area (Å²) in [4.78, 5) is 38.4. The quantitative estimate of drug-likeness (QED) is 0.614. The zero-order valence-corrected chi connectivity index (χ0v) is 14.5. The van der Waals surface area contributed by atoms with E-state index in [-0.39, 0.29) is 22.6 Å². The smallest absolute Gasteiger partial charge is 0.338 e. The van der Waals surface area contributed by atoms with Crippen LogP contribution in [0.4, 0.5) is 5.69 Å². The molecule has 0 aromatic heterocycles. The fourth-order valence-corrected chi connectivity index (χ4v) is 2.64. The topological polar surface area (TPSA) is 63.7 Å². The molecule has 0 saturated heterocycles. The second-order valence-electron chi connectivity index (χ2n) is 6.17. The maximum atomic E-state index is 12.7. The first kappa shape index (κ1) is 17.2. The minimum atomic E-state index is -0.512. The van der Waals surface area contributed by atoms with Crippen molar-refractivity contribution in [3.8, 4) is 0 Å². The van der Waals surface area contributed by atoms with Gasteiger partial charge in [-0.25, -0.2) is 9.69 Å². The Morgan fingerprint density at radius 2 is 1.68 bits per heavy atom. The summed E-state index contributed by atoms with van der Waals surface area (Å²) in [6.45, 7) is 4.16. The number of carbonyl (C=O) groups excluding carboxylic acids is 3. The SMILES string of the molecule is CC(C)COC(=O)c1ccc2c(c1)C(=O)N(c1ccc(Cl)cc1)C2=O. The lowest BCUT2D eigenvalue weighted by atomic mass is 10.1. The van der Waals surface area contributed by atoms with Crippen molar-refractivity contribution in [1.29, 1.82) is 0 Å². The molecule has 6 heteroatoms. The molecule has 0 aliphatic carbocycles. The monoisotopic (exact) mass is 357 g/mol. The largest absolute Gasteiger partial charge is 0.462 e. The molecule has 0 fully saturated rings. The second kappa shape index (κ2) is 6.69. The number of hydrogen-bond donors (Lipinski definition) is 0. The molecule has 128 valence electrons. The zero-order valence-electron chi connectivity index (χ0n) is 13.8. The number of fused-ring (bicyclic) bond motifs is 1. The number of nitrogens with zero attached hydrogens (tertiary/aromatic N) is 1. The van der Waals surface area contributed by atoms with E-state index in [0.717, 1.165) is 4.90 Å². The van der Waals surface area contributed by atoms with E-state index in [1.165, 1.54) is 18.2 Å². The van der Waals surface area contributed by atoms with Gasteiger partial charge in [-0.3, -0.25) is 9.59 Å². The van der Waals surface area contributed by atoms with Crippen LogP contribution in [0.15, 0.2) is 42.5 Å².